The first-order chi connectivity index (χ1) is 20.7. The van der Waals surface area contributed by atoms with Gasteiger partial charge in [-0.1, -0.05) is 35.6 Å². The number of allylic oxidation sites excluding steroid dienone is 1. The number of aromatic nitrogens is 1. The Morgan fingerprint density at radius 2 is 1.81 bits per heavy atom. The molecular formula is C31H34N2O9S. The fourth-order valence-electron chi connectivity index (χ4n) is 4.49. The molecule has 0 saturated heterocycles. The van der Waals surface area contributed by atoms with Crippen LogP contribution in [0.15, 0.2) is 63.5 Å². The molecule has 1 aromatic heterocycles. The summed E-state index contributed by atoms with van der Waals surface area (Å²) in [6.45, 7) is 7.64. The molecule has 1 aliphatic rings. The third-order valence-electron chi connectivity index (χ3n) is 6.28. The van der Waals surface area contributed by atoms with Crippen LogP contribution in [0, 0.1) is 0 Å². The number of carbonyl (C=O) groups is 2. The van der Waals surface area contributed by atoms with Gasteiger partial charge < -0.3 is 28.4 Å². The molecule has 0 radical (unpaired) electrons. The summed E-state index contributed by atoms with van der Waals surface area (Å²) in [5.74, 6) is 0.396. The second-order valence-corrected chi connectivity index (χ2v) is 10.6. The average Bonchev–Trinajstić information content (AvgIpc) is 3.27. The molecule has 11 nitrogen and oxygen atoms in total. The normalized spacial score (nSPS) is 14.7. The molecule has 0 aliphatic carbocycles. The maximum atomic E-state index is 14.0. The quantitative estimate of drug-likeness (QED) is 0.181. The van der Waals surface area contributed by atoms with Gasteiger partial charge in [0.2, 0.25) is 0 Å². The van der Waals surface area contributed by atoms with E-state index in [1.807, 2.05) is 32.0 Å². The number of hydrogen-bond acceptors (Lipinski definition) is 11. The first-order valence-corrected chi connectivity index (χ1v) is 14.5. The lowest BCUT2D eigenvalue weighted by Crippen LogP contribution is -2.40. The molecule has 0 N–H and O–H groups in total. The van der Waals surface area contributed by atoms with Gasteiger partial charge in [0, 0.05) is 12.7 Å². The number of benzene rings is 2. The van der Waals surface area contributed by atoms with Crippen LogP contribution in [0.4, 0.5) is 4.79 Å². The van der Waals surface area contributed by atoms with Crippen LogP contribution >= 0.6 is 11.3 Å². The summed E-state index contributed by atoms with van der Waals surface area (Å²) >= 11 is 1.18. The minimum atomic E-state index is -0.851. The smallest absolute Gasteiger partial charge is 0.493 e. The Kier molecular flexibility index (Phi) is 10.4. The molecule has 0 fully saturated rings. The van der Waals surface area contributed by atoms with Gasteiger partial charge in [-0.15, -0.1) is 0 Å². The zero-order chi connectivity index (χ0) is 31.1. The number of nitrogens with zero attached hydrogens (tertiary/aromatic N) is 2. The molecule has 2 aromatic carbocycles. The van der Waals surface area contributed by atoms with E-state index in [9.17, 15) is 14.4 Å². The number of rotatable bonds is 11. The van der Waals surface area contributed by atoms with Gasteiger partial charge in [0.1, 0.15) is 18.4 Å². The largest absolute Gasteiger partial charge is 0.513 e. The number of esters is 1. The van der Waals surface area contributed by atoms with Crippen molar-refractivity contribution in [1.29, 1.82) is 0 Å². The average molecular weight is 611 g/mol. The number of ether oxygens (including phenoxy) is 6. The molecule has 3 aromatic rings. The van der Waals surface area contributed by atoms with E-state index < -0.39 is 18.2 Å². The van der Waals surface area contributed by atoms with E-state index in [4.69, 9.17) is 28.4 Å². The van der Waals surface area contributed by atoms with Crippen molar-refractivity contribution in [3.8, 4) is 17.2 Å². The van der Waals surface area contributed by atoms with E-state index in [1.165, 1.54) is 30.1 Å². The summed E-state index contributed by atoms with van der Waals surface area (Å²) in [6.07, 6.45) is 0.685. The minimum Gasteiger partial charge on any atom is -0.493 e. The van der Waals surface area contributed by atoms with Crippen LogP contribution in [-0.2, 0) is 19.0 Å². The number of methoxy groups -OCH3 is 2. The fraction of sp³-hybridized carbons (Fsp3) is 0.355. The van der Waals surface area contributed by atoms with Crippen LogP contribution in [0.25, 0.3) is 6.08 Å². The van der Waals surface area contributed by atoms with Gasteiger partial charge in [-0.2, -0.15) is 0 Å². The minimum absolute atomic E-state index is 0.0467. The summed E-state index contributed by atoms with van der Waals surface area (Å²) < 4.78 is 33.9. The molecule has 0 bridgehead atoms. The van der Waals surface area contributed by atoms with E-state index >= 15 is 0 Å². The topological polar surface area (TPSA) is 124 Å². The summed E-state index contributed by atoms with van der Waals surface area (Å²) in [6, 6.07) is 11.3. The molecule has 228 valence electrons. The summed E-state index contributed by atoms with van der Waals surface area (Å²) in [5, 5.41) is 0. The second-order valence-electron chi connectivity index (χ2n) is 9.61. The van der Waals surface area contributed by atoms with E-state index in [0.29, 0.717) is 31.9 Å². The first-order valence-electron chi connectivity index (χ1n) is 13.6. The first kappa shape index (κ1) is 31.5. The van der Waals surface area contributed by atoms with Crippen molar-refractivity contribution in [2.24, 2.45) is 4.99 Å². The Balaban J connectivity index is 1.85. The van der Waals surface area contributed by atoms with Crippen LogP contribution in [0.1, 0.15) is 44.9 Å². The summed E-state index contributed by atoms with van der Waals surface area (Å²) in [5.41, 5.74) is 1.56. The van der Waals surface area contributed by atoms with Gasteiger partial charge in [-0.25, -0.2) is 14.6 Å². The summed E-state index contributed by atoms with van der Waals surface area (Å²) in [4.78, 5) is 44.3. The van der Waals surface area contributed by atoms with E-state index in [0.717, 1.165) is 0 Å². The van der Waals surface area contributed by atoms with Crippen molar-refractivity contribution < 1.29 is 38.0 Å². The molecule has 12 heteroatoms. The van der Waals surface area contributed by atoms with Crippen molar-refractivity contribution in [3.05, 3.63) is 84.5 Å². The Hall–Kier alpha value is -4.42. The van der Waals surface area contributed by atoms with Crippen molar-refractivity contribution >= 4 is 29.5 Å². The molecule has 1 atom stereocenters. The molecule has 2 heterocycles. The van der Waals surface area contributed by atoms with Gasteiger partial charge in [0.05, 0.1) is 42.2 Å². The lowest BCUT2D eigenvalue weighted by atomic mass is 9.95. The maximum Gasteiger partial charge on any atom is 0.513 e. The fourth-order valence-corrected chi connectivity index (χ4v) is 5.53. The molecule has 0 spiro atoms. The molecule has 1 aliphatic heterocycles. The Labute approximate surface area is 252 Å². The van der Waals surface area contributed by atoms with E-state index in [2.05, 4.69) is 4.99 Å². The number of hydrogen-bond donors (Lipinski definition) is 0. The van der Waals surface area contributed by atoms with Crippen LogP contribution in [0.3, 0.4) is 0 Å². The molecule has 43 heavy (non-hydrogen) atoms. The van der Waals surface area contributed by atoms with Crippen LogP contribution in [0.5, 0.6) is 17.2 Å². The van der Waals surface area contributed by atoms with Crippen molar-refractivity contribution in [2.75, 3.05) is 34.0 Å². The second kappa shape index (κ2) is 14.2. The molecular weight excluding hydrogens is 576 g/mol. The lowest BCUT2D eigenvalue weighted by molar-refractivity contribution is -0.140. The zero-order valence-corrected chi connectivity index (χ0v) is 25.7. The highest BCUT2D eigenvalue weighted by molar-refractivity contribution is 7.07. The molecule has 0 saturated carbocycles. The van der Waals surface area contributed by atoms with Crippen LogP contribution < -0.4 is 29.1 Å². The number of carbonyl (C=O) groups excluding carboxylic acids is 2. The zero-order valence-electron chi connectivity index (χ0n) is 24.9. The number of para-hydroxylation sites is 1. The Morgan fingerprint density at radius 3 is 2.51 bits per heavy atom. The Bertz CT molecular complexity index is 1700. The predicted molar refractivity (Wildman–Crippen MR) is 159 cm³/mol. The molecule has 4 rings (SSSR count). The molecule has 0 unspecified atom stereocenters. The number of fused-ring (bicyclic) bond motifs is 1. The molecule has 0 amide bonds. The van der Waals surface area contributed by atoms with Crippen LogP contribution in [-0.4, -0.2) is 56.8 Å². The van der Waals surface area contributed by atoms with E-state index in [-0.39, 0.29) is 48.6 Å². The third kappa shape index (κ3) is 7.15. The third-order valence-corrected chi connectivity index (χ3v) is 7.26. The Morgan fingerprint density at radius 1 is 1.05 bits per heavy atom. The maximum absolute atomic E-state index is 14.0. The van der Waals surface area contributed by atoms with Gasteiger partial charge in [0.25, 0.3) is 5.56 Å². The SMILES string of the molecule is CCOC(=O)Oc1ccc(/C=c2/sc3n(c2=O)[C@@H](c2ccccc2OC(C)C)C(C(=O)OCCOC)=C(C)N=3)cc1OC. The predicted octanol–water partition coefficient (Wildman–Crippen LogP) is 3.76. The highest BCUT2D eigenvalue weighted by atomic mass is 32.1. The van der Waals surface area contributed by atoms with Gasteiger partial charge >= 0.3 is 12.1 Å². The van der Waals surface area contributed by atoms with E-state index in [1.54, 1.807) is 44.2 Å². The van der Waals surface area contributed by atoms with Crippen molar-refractivity contribution in [1.82, 2.24) is 4.57 Å². The number of thiazole rings is 1. The van der Waals surface area contributed by atoms with Gasteiger partial charge in [-0.05, 0) is 57.5 Å². The summed E-state index contributed by atoms with van der Waals surface area (Å²) in [7, 11) is 2.96. The van der Waals surface area contributed by atoms with Gasteiger partial charge in [-0.3, -0.25) is 9.36 Å². The van der Waals surface area contributed by atoms with Gasteiger partial charge in [0.15, 0.2) is 16.3 Å². The van der Waals surface area contributed by atoms with Crippen LogP contribution in [0.2, 0.25) is 0 Å². The highest BCUT2D eigenvalue weighted by Crippen LogP contribution is 2.36. The van der Waals surface area contributed by atoms with Crippen molar-refractivity contribution in [3.63, 3.8) is 0 Å². The highest BCUT2D eigenvalue weighted by Gasteiger charge is 2.35. The monoisotopic (exact) mass is 610 g/mol. The van der Waals surface area contributed by atoms with Crippen molar-refractivity contribution in [2.45, 2.75) is 39.8 Å². The lowest BCUT2D eigenvalue weighted by Gasteiger charge is -2.27. The standard InChI is InChI=1S/C31H34N2O9S/c1-7-39-31(36)42-23-13-12-20(16-24(23)38-6)17-25-28(34)33-27(21-10-8-9-11-22(21)41-18(2)3)26(19(4)32-30(33)43-25)29(35)40-15-14-37-5/h8-13,16-18,27H,7,14-15H2,1-6H3/b25-17+/t27-/m0/s1.